The lowest BCUT2D eigenvalue weighted by molar-refractivity contribution is -0.384. The fourth-order valence-corrected chi connectivity index (χ4v) is 2.84. The number of hydrogen-bond donors (Lipinski definition) is 1. The topological polar surface area (TPSA) is 112 Å². The summed E-state index contributed by atoms with van der Waals surface area (Å²) in [5.74, 6) is -1.46. The van der Waals surface area contributed by atoms with Gasteiger partial charge in [-0.15, -0.1) is 0 Å². The molecular weight excluding hydrogens is 432 g/mol. The summed E-state index contributed by atoms with van der Waals surface area (Å²) >= 11 is 3.19. The Balaban J connectivity index is 1.84. The number of anilines is 1. The van der Waals surface area contributed by atoms with Gasteiger partial charge in [-0.25, -0.2) is 4.79 Å². The fourth-order valence-electron chi connectivity index (χ4n) is 2.38. The molecule has 0 radical (unpaired) electrons. The lowest BCUT2D eigenvalue weighted by atomic mass is 10.1. The number of ether oxygens (including phenoxy) is 1. The molecule has 0 unspecified atom stereocenters. The number of nitro groups is 1. The fraction of sp³-hybridized carbons (Fsp3) is 0.0526. The molecule has 0 aliphatic rings. The lowest BCUT2D eigenvalue weighted by Crippen LogP contribution is -2.26. The van der Waals surface area contributed by atoms with Gasteiger partial charge in [0.2, 0.25) is 11.9 Å². The number of halogens is 1. The molecule has 2 aromatic carbocycles. The van der Waals surface area contributed by atoms with E-state index in [1.807, 2.05) is 0 Å². The number of rotatable bonds is 6. The molecular formula is C19H13BrN2O6. The van der Waals surface area contributed by atoms with Gasteiger partial charge in [-0.05, 0) is 34.1 Å². The van der Waals surface area contributed by atoms with Crippen LogP contribution >= 0.6 is 15.9 Å². The number of nitrogens with zero attached hydrogens (tertiary/aromatic N) is 1. The molecule has 1 aromatic heterocycles. The van der Waals surface area contributed by atoms with E-state index in [1.54, 1.807) is 30.3 Å². The van der Waals surface area contributed by atoms with Gasteiger partial charge < -0.3 is 14.5 Å². The molecule has 3 rings (SSSR count). The molecule has 28 heavy (non-hydrogen) atoms. The summed E-state index contributed by atoms with van der Waals surface area (Å²) in [4.78, 5) is 35.4. The number of benzene rings is 2. The molecule has 8 nitrogen and oxygen atoms in total. The Morgan fingerprint density at radius 1 is 1.11 bits per heavy atom. The molecule has 0 saturated carbocycles. The van der Waals surface area contributed by atoms with Crippen LogP contribution in [-0.2, 0) is 9.53 Å². The van der Waals surface area contributed by atoms with Crippen LogP contribution in [0, 0.1) is 10.1 Å². The Morgan fingerprint density at radius 2 is 1.86 bits per heavy atom. The van der Waals surface area contributed by atoms with E-state index in [2.05, 4.69) is 21.2 Å². The number of furan rings is 1. The molecule has 9 heteroatoms. The van der Waals surface area contributed by atoms with Crippen molar-refractivity contribution in [2.24, 2.45) is 0 Å². The first-order valence-electron chi connectivity index (χ1n) is 8.00. The van der Waals surface area contributed by atoms with Crippen molar-refractivity contribution in [2.75, 3.05) is 5.32 Å². The van der Waals surface area contributed by atoms with E-state index in [-0.39, 0.29) is 11.4 Å². The minimum atomic E-state index is -1.25. The Labute approximate surface area is 167 Å². The zero-order valence-corrected chi connectivity index (χ0v) is 15.8. The molecule has 1 heterocycles. The van der Waals surface area contributed by atoms with Crippen LogP contribution < -0.4 is 5.32 Å². The van der Waals surface area contributed by atoms with Crippen molar-refractivity contribution >= 4 is 39.2 Å². The van der Waals surface area contributed by atoms with Crippen LogP contribution in [0.15, 0.2) is 75.8 Å². The number of amides is 1. The quantitative estimate of drug-likeness (QED) is 0.340. The molecule has 0 saturated heterocycles. The van der Waals surface area contributed by atoms with Crippen molar-refractivity contribution in [3.05, 3.63) is 92.8 Å². The first kappa shape index (κ1) is 19.3. The van der Waals surface area contributed by atoms with Gasteiger partial charge in [0.25, 0.3) is 11.6 Å². The largest absolute Gasteiger partial charge is 0.457 e. The predicted molar refractivity (Wildman–Crippen MR) is 103 cm³/mol. The molecule has 0 fully saturated rings. The average Bonchev–Trinajstić information content (AvgIpc) is 3.23. The maximum absolute atomic E-state index is 12.8. The number of nitro benzene ring substituents is 1. The van der Waals surface area contributed by atoms with Gasteiger partial charge in [0.1, 0.15) is 0 Å². The summed E-state index contributed by atoms with van der Waals surface area (Å²) in [7, 11) is 0. The number of carbonyl (C=O) groups excluding carboxylic acids is 2. The highest BCUT2D eigenvalue weighted by Crippen LogP contribution is 2.29. The first-order chi connectivity index (χ1) is 13.5. The van der Waals surface area contributed by atoms with E-state index < -0.39 is 22.9 Å². The third-order valence-corrected chi connectivity index (χ3v) is 4.37. The number of hydrogen-bond acceptors (Lipinski definition) is 6. The van der Waals surface area contributed by atoms with Crippen molar-refractivity contribution in [3.8, 4) is 0 Å². The van der Waals surface area contributed by atoms with Gasteiger partial charge in [0, 0.05) is 22.2 Å². The minimum absolute atomic E-state index is 0.0368. The number of esters is 1. The van der Waals surface area contributed by atoms with Crippen LogP contribution in [0.4, 0.5) is 11.4 Å². The summed E-state index contributed by atoms with van der Waals surface area (Å²) in [6, 6.07) is 15.3. The van der Waals surface area contributed by atoms with Crippen LogP contribution in [-0.4, -0.2) is 16.8 Å². The van der Waals surface area contributed by atoms with Crippen LogP contribution in [0.1, 0.15) is 22.2 Å². The molecule has 0 bridgehead atoms. The van der Waals surface area contributed by atoms with Gasteiger partial charge in [0.15, 0.2) is 0 Å². The first-order valence-corrected chi connectivity index (χ1v) is 8.79. The van der Waals surface area contributed by atoms with Crippen molar-refractivity contribution in [3.63, 3.8) is 0 Å². The standard InChI is InChI=1S/C19H13BrN2O6/c20-14-11-13(22(25)26)8-9-15(14)21-18(23)17(12-5-2-1-3-6-12)28-19(24)16-7-4-10-27-16/h1-11,17H,(H,21,23)/t17-/m0/s1. The number of carbonyl (C=O) groups is 2. The Morgan fingerprint density at radius 3 is 2.46 bits per heavy atom. The zero-order valence-electron chi connectivity index (χ0n) is 14.2. The summed E-state index contributed by atoms with van der Waals surface area (Å²) in [5.41, 5.74) is 0.622. The SMILES string of the molecule is O=C(O[C@H](C(=O)Nc1ccc([N+](=O)[O-])cc1Br)c1ccccc1)c1ccco1. The van der Waals surface area contributed by atoms with Crippen molar-refractivity contribution < 1.29 is 23.7 Å². The Bertz CT molecular complexity index is 1000. The molecule has 3 aromatic rings. The van der Waals surface area contributed by atoms with E-state index in [9.17, 15) is 19.7 Å². The molecule has 1 amide bonds. The number of nitrogens with one attached hydrogen (secondary N) is 1. The van der Waals surface area contributed by atoms with Crippen LogP contribution in [0.25, 0.3) is 0 Å². The van der Waals surface area contributed by atoms with Crippen molar-refractivity contribution in [1.82, 2.24) is 0 Å². The Hall–Kier alpha value is -3.46. The second-order valence-corrected chi connectivity index (χ2v) is 6.44. The monoisotopic (exact) mass is 444 g/mol. The smallest absolute Gasteiger partial charge is 0.375 e. The summed E-state index contributed by atoms with van der Waals surface area (Å²) in [6.45, 7) is 0. The van der Waals surface area contributed by atoms with Crippen molar-refractivity contribution in [2.45, 2.75) is 6.10 Å². The maximum atomic E-state index is 12.8. The third-order valence-electron chi connectivity index (χ3n) is 3.71. The molecule has 1 atom stereocenters. The summed E-state index contributed by atoms with van der Waals surface area (Å²) in [6.07, 6.45) is 0.0724. The highest BCUT2D eigenvalue weighted by Gasteiger charge is 2.27. The molecule has 1 N–H and O–H groups in total. The molecule has 0 aliphatic heterocycles. The summed E-state index contributed by atoms with van der Waals surface area (Å²) in [5, 5.41) is 13.5. The zero-order chi connectivity index (χ0) is 20.1. The summed E-state index contributed by atoms with van der Waals surface area (Å²) < 4.78 is 10.7. The highest BCUT2D eigenvalue weighted by molar-refractivity contribution is 9.10. The van der Waals surface area contributed by atoms with Gasteiger partial charge >= 0.3 is 5.97 Å². The molecule has 142 valence electrons. The molecule has 0 aliphatic carbocycles. The highest BCUT2D eigenvalue weighted by atomic mass is 79.9. The van der Waals surface area contributed by atoms with E-state index in [4.69, 9.17) is 9.15 Å². The van der Waals surface area contributed by atoms with E-state index >= 15 is 0 Å². The van der Waals surface area contributed by atoms with E-state index in [0.29, 0.717) is 15.7 Å². The molecule has 0 spiro atoms. The predicted octanol–water partition coefficient (Wildman–Crippen LogP) is 4.49. The Kier molecular flexibility index (Phi) is 5.85. The lowest BCUT2D eigenvalue weighted by Gasteiger charge is -2.18. The van der Waals surface area contributed by atoms with Crippen LogP contribution in [0.3, 0.4) is 0 Å². The van der Waals surface area contributed by atoms with Gasteiger partial charge in [-0.1, -0.05) is 30.3 Å². The third kappa shape index (κ3) is 4.44. The minimum Gasteiger partial charge on any atom is -0.457 e. The van der Waals surface area contributed by atoms with E-state index in [1.165, 1.54) is 36.6 Å². The van der Waals surface area contributed by atoms with Crippen LogP contribution in [0.2, 0.25) is 0 Å². The average molecular weight is 445 g/mol. The van der Waals surface area contributed by atoms with E-state index in [0.717, 1.165) is 0 Å². The van der Waals surface area contributed by atoms with Gasteiger partial charge in [-0.2, -0.15) is 0 Å². The van der Waals surface area contributed by atoms with Gasteiger partial charge in [-0.3, -0.25) is 14.9 Å². The van der Waals surface area contributed by atoms with Gasteiger partial charge in [0.05, 0.1) is 16.9 Å². The number of non-ortho nitro benzene ring substituents is 1. The maximum Gasteiger partial charge on any atom is 0.375 e. The van der Waals surface area contributed by atoms with Crippen LogP contribution in [0.5, 0.6) is 0 Å². The normalized spacial score (nSPS) is 11.5. The van der Waals surface area contributed by atoms with Crippen molar-refractivity contribution in [1.29, 1.82) is 0 Å². The second kappa shape index (κ2) is 8.49. The second-order valence-electron chi connectivity index (χ2n) is 5.58.